The van der Waals surface area contributed by atoms with Gasteiger partial charge < -0.3 is 14.5 Å². The van der Waals surface area contributed by atoms with Gasteiger partial charge in [0.2, 0.25) is 0 Å². The average Bonchev–Trinajstić information content (AvgIpc) is 2.89. The number of benzene rings is 1. The van der Waals surface area contributed by atoms with Crippen LogP contribution in [0.2, 0.25) is 0 Å². The molecule has 18 heavy (non-hydrogen) atoms. The van der Waals surface area contributed by atoms with Crippen molar-refractivity contribution < 1.29 is 9.15 Å². The normalized spacial score (nSPS) is 10.7. The molecule has 4 nitrogen and oxygen atoms in total. The van der Waals surface area contributed by atoms with Gasteiger partial charge in [0.05, 0.1) is 12.8 Å². The van der Waals surface area contributed by atoms with Crippen molar-refractivity contribution in [3.8, 4) is 0 Å². The third-order valence-electron chi connectivity index (χ3n) is 2.38. The number of aromatic nitrogens is 1. The zero-order valence-corrected chi connectivity index (χ0v) is 11.1. The Kier molecular flexibility index (Phi) is 5.26. The van der Waals surface area contributed by atoms with Gasteiger partial charge in [-0.3, -0.25) is 0 Å². The monoisotopic (exact) mass is 264 g/mol. The number of rotatable bonds is 7. The summed E-state index contributed by atoms with van der Waals surface area (Å²) in [7, 11) is 1.70. The molecular weight excluding hydrogens is 248 g/mol. The molecule has 0 saturated heterocycles. The minimum Gasteiger partial charge on any atom is -0.440 e. The molecule has 1 heterocycles. The summed E-state index contributed by atoms with van der Waals surface area (Å²) in [4.78, 5) is 5.28. The minimum atomic E-state index is 0.666. The van der Waals surface area contributed by atoms with Crippen LogP contribution in [0.15, 0.2) is 51.3 Å². The largest absolute Gasteiger partial charge is 0.440 e. The van der Waals surface area contributed by atoms with Crippen LogP contribution in [0.4, 0.5) is 0 Å². The highest BCUT2D eigenvalue weighted by molar-refractivity contribution is 7.99. The number of oxazole rings is 1. The molecule has 0 spiro atoms. The van der Waals surface area contributed by atoms with Crippen LogP contribution in [0.1, 0.15) is 5.56 Å². The zero-order valence-electron chi connectivity index (χ0n) is 10.3. The highest BCUT2D eigenvalue weighted by atomic mass is 32.2. The summed E-state index contributed by atoms with van der Waals surface area (Å²) in [6, 6.07) is 8.23. The number of hydrogen-bond donors (Lipinski definition) is 1. The van der Waals surface area contributed by atoms with Crippen LogP contribution < -0.4 is 5.32 Å². The summed E-state index contributed by atoms with van der Waals surface area (Å²) >= 11 is 1.54. The van der Waals surface area contributed by atoms with Gasteiger partial charge in [-0.2, -0.15) is 0 Å². The Morgan fingerprint density at radius 2 is 2.28 bits per heavy atom. The third kappa shape index (κ3) is 3.87. The number of nitrogens with one attached hydrogen (secondary N) is 1. The Labute approximate surface area is 111 Å². The molecule has 0 atom stereocenters. The van der Waals surface area contributed by atoms with Crippen molar-refractivity contribution in [3.05, 3.63) is 42.3 Å². The highest BCUT2D eigenvalue weighted by Crippen LogP contribution is 2.28. The molecule has 1 aromatic carbocycles. The van der Waals surface area contributed by atoms with Crippen molar-refractivity contribution >= 4 is 11.8 Å². The van der Waals surface area contributed by atoms with Crippen LogP contribution in [0.3, 0.4) is 0 Å². The minimum absolute atomic E-state index is 0.666. The molecule has 0 aliphatic rings. The molecule has 1 aromatic heterocycles. The molecule has 0 aliphatic heterocycles. The van der Waals surface area contributed by atoms with Crippen LogP contribution in [-0.2, 0) is 11.3 Å². The summed E-state index contributed by atoms with van der Waals surface area (Å²) in [6.45, 7) is 2.37. The van der Waals surface area contributed by atoms with Crippen molar-refractivity contribution in [3.63, 3.8) is 0 Å². The maximum atomic E-state index is 5.25. The van der Waals surface area contributed by atoms with Gasteiger partial charge in [0, 0.05) is 25.1 Å². The van der Waals surface area contributed by atoms with E-state index in [4.69, 9.17) is 9.15 Å². The summed E-state index contributed by atoms with van der Waals surface area (Å²) in [6.07, 6.45) is 3.24. The van der Waals surface area contributed by atoms with Gasteiger partial charge in [-0.15, -0.1) is 0 Å². The van der Waals surface area contributed by atoms with Crippen molar-refractivity contribution in [2.45, 2.75) is 16.7 Å². The molecule has 0 aliphatic carbocycles. The SMILES string of the molecule is COCCNCc1ccccc1Sc1ncco1. The van der Waals surface area contributed by atoms with Gasteiger partial charge >= 0.3 is 0 Å². The van der Waals surface area contributed by atoms with Crippen LogP contribution in [0.25, 0.3) is 0 Å². The first-order chi connectivity index (χ1) is 8.90. The molecular formula is C13H16N2O2S. The van der Waals surface area contributed by atoms with Gasteiger partial charge in [-0.05, 0) is 23.4 Å². The number of ether oxygens (including phenoxy) is 1. The van der Waals surface area contributed by atoms with Crippen molar-refractivity contribution in [2.75, 3.05) is 20.3 Å². The lowest BCUT2D eigenvalue weighted by molar-refractivity contribution is 0.199. The van der Waals surface area contributed by atoms with E-state index in [0.29, 0.717) is 5.22 Å². The summed E-state index contributed by atoms with van der Waals surface area (Å²) < 4.78 is 10.2. The molecule has 0 amide bonds. The van der Waals surface area contributed by atoms with Gasteiger partial charge in [0.25, 0.3) is 5.22 Å². The maximum Gasteiger partial charge on any atom is 0.260 e. The van der Waals surface area contributed by atoms with E-state index in [9.17, 15) is 0 Å². The van der Waals surface area contributed by atoms with Crippen LogP contribution >= 0.6 is 11.8 Å². The molecule has 0 fully saturated rings. The van der Waals surface area contributed by atoms with E-state index < -0.39 is 0 Å². The second-order valence-corrected chi connectivity index (χ2v) is 4.67. The molecule has 1 N–H and O–H groups in total. The number of nitrogens with zero attached hydrogens (tertiary/aromatic N) is 1. The quantitative estimate of drug-likeness (QED) is 0.779. The van der Waals surface area contributed by atoms with Gasteiger partial charge in [0.15, 0.2) is 0 Å². The summed E-state index contributed by atoms with van der Waals surface area (Å²) in [5, 5.41) is 4.00. The van der Waals surface area contributed by atoms with E-state index in [1.807, 2.05) is 12.1 Å². The molecule has 96 valence electrons. The van der Waals surface area contributed by atoms with E-state index in [0.717, 1.165) is 24.6 Å². The number of methoxy groups -OCH3 is 1. The summed E-state index contributed by atoms with van der Waals surface area (Å²) in [5.41, 5.74) is 1.23. The zero-order chi connectivity index (χ0) is 12.6. The van der Waals surface area contributed by atoms with Gasteiger partial charge in [-0.25, -0.2) is 4.98 Å². The van der Waals surface area contributed by atoms with E-state index in [2.05, 4.69) is 22.4 Å². The molecule has 0 radical (unpaired) electrons. The smallest absolute Gasteiger partial charge is 0.260 e. The van der Waals surface area contributed by atoms with Gasteiger partial charge in [0.1, 0.15) is 6.26 Å². The highest BCUT2D eigenvalue weighted by Gasteiger charge is 2.06. The fourth-order valence-electron chi connectivity index (χ4n) is 1.50. The van der Waals surface area contributed by atoms with Crippen LogP contribution in [0, 0.1) is 0 Å². The maximum absolute atomic E-state index is 5.25. The molecule has 0 saturated carbocycles. The molecule has 2 rings (SSSR count). The lowest BCUT2D eigenvalue weighted by Gasteiger charge is -2.08. The molecule has 2 aromatic rings. The predicted octanol–water partition coefficient (Wildman–Crippen LogP) is 2.56. The second-order valence-electron chi connectivity index (χ2n) is 3.68. The topological polar surface area (TPSA) is 47.3 Å². The Hall–Kier alpha value is -1.30. The fraction of sp³-hybridized carbons (Fsp3) is 0.308. The van der Waals surface area contributed by atoms with Crippen LogP contribution in [-0.4, -0.2) is 25.2 Å². The average molecular weight is 264 g/mol. The Balaban J connectivity index is 1.97. The first-order valence-corrected chi connectivity index (χ1v) is 6.56. The Morgan fingerprint density at radius 1 is 1.39 bits per heavy atom. The second kappa shape index (κ2) is 7.20. The van der Waals surface area contributed by atoms with E-state index in [1.54, 1.807) is 19.6 Å². The van der Waals surface area contributed by atoms with E-state index in [1.165, 1.54) is 17.3 Å². The molecule has 0 unspecified atom stereocenters. The Morgan fingerprint density at radius 3 is 3.06 bits per heavy atom. The molecule has 0 bridgehead atoms. The van der Waals surface area contributed by atoms with Crippen molar-refractivity contribution in [2.24, 2.45) is 0 Å². The van der Waals surface area contributed by atoms with Crippen LogP contribution in [0.5, 0.6) is 0 Å². The first kappa shape index (κ1) is 13.1. The number of hydrogen-bond acceptors (Lipinski definition) is 5. The Bertz CT molecular complexity index is 460. The third-order valence-corrected chi connectivity index (χ3v) is 3.37. The van der Waals surface area contributed by atoms with Crippen molar-refractivity contribution in [1.82, 2.24) is 10.3 Å². The summed E-state index contributed by atoms with van der Waals surface area (Å²) in [5.74, 6) is 0. The van der Waals surface area contributed by atoms with Gasteiger partial charge in [-0.1, -0.05) is 18.2 Å². The van der Waals surface area contributed by atoms with E-state index in [-0.39, 0.29) is 0 Å². The standard InChI is InChI=1S/C13H16N2O2S/c1-16-8-6-14-10-11-4-2-3-5-12(11)18-13-15-7-9-17-13/h2-5,7,9,14H,6,8,10H2,1H3. The fourth-order valence-corrected chi connectivity index (χ4v) is 2.32. The lowest BCUT2D eigenvalue weighted by atomic mass is 10.2. The van der Waals surface area contributed by atoms with E-state index >= 15 is 0 Å². The lowest BCUT2D eigenvalue weighted by Crippen LogP contribution is -2.18. The molecule has 5 heteroatoms. The predicted molar refractivity (Wildman–Crippen MR) is 70.7 cm³/mol. The first-order valence-electron chi connectivity index (χ1n) is 5.75. The van der Waals surface area contributed by atoms with Crippen molar-refractivity contribution in [1.29, 1.82) is 0 Å².